The Balaban J connectivity index is 1.46. The van der Waals surface area contributed by atoms with Gasteiger partial charge in [-0.3, -0.25) is 9.89 Å². The topological polar surface area (TPSA) is 98.1 Å². The molecule has 3 aromatic rings. The molecule has 1 saturated heterocycles. The highest BCUT2D eigenvalue weighted by atomic mass is 16.5. The minimum Gasteiger partial charge on any atom is -0.384 e. The summed E-state index contributed by atoms with van der Waals surface area (Å²) in [5.74, 6) is 1.28. The highest BCUT2D eigenvalue weighted by Gasteiger charge is 2.33. The molecule has 8 nitrogen and oxygen atoms in total. The second-order valence-electron chi connectivity index (χ2n) is 8.98. The predicted octanol–water partition coefficient (Wildman–Crippen LogP) is 3.45. The van der Waals surface area contributed by atoms with Gasteiger partial charge in [0, 0.05) is 49.7 Å². The molecule has 0 bridgehead atoms. The highest BCUT2D eigenvalue weighted by Crippen LogP contribution is 2.45. The van der Waals surface area contributed by atoms with Crippen LogP contribution in [0.15, 0.2) is 30.5 Å². The summed E-state index contributed by atoms with van der Waals surface area (Å²) < 4.78 is 5.06. The summed E-state index contributed by atoms with van der Waals surface area (Å²) in [7, 11) is 1.61. The number of pyridine rings is 1. The van der Waals surface area contributed by atoms with Crippen LogP contribution in [0.4, 0.5) is 5.82 Å². The predicted molar refractivity (Wildman–Crippen MR) is 126 cm³/mol. The maximum atomic E-state index is 12.5. The van der Waals surface area contributed by atoms with E-state index in [0.717, 1.165) is 46.4 Å². The molecule has 1 atom stereocenters. The second-order valence-corrected chi connectivity index (χ2v) is 8.98. The van der Waals surface area contributed by atoms with Crippen molar-refractivity contribution >= 4 is 22.6 Å². The van der Waals surface area contributed by atoms with Gasteiger partial charge in [0.15, 0.2) is 0 Å². The number of carbonyl (C=O) groups excluding carboxylic acids is 1. The number of nitrogens with one attached hydrogen (secondary N) is 1. The Morgan fingerprint density at radius 3 is 2.88 bits per heavy atom. The molecule has 0 radical (unpaired) electrons. The molecule has 1 amide bonds. The monoisotopic (exact) mass is 444 g/mol. The summed E-state index contributed by atoms with van der Waals surface area (Å²) in [5.41, 5.74) is 4.68. The normalized spacial score (nSPS) is 18.5. The first-order chi connectivity index (χ1) is 16.1. The Labute approximate surface area is 193 Å². The zero-order valence-corrected chi connectivity index (χ0v) is 19.0. The molecule has 8 heteroatoms. The third-order valence-corrected chi connectivity index (χ3v) is 6.64. The summed E-state index contributed by atoms with van der Waals surface area (Å²) in [6.07, 6.45) is 4.44. The van der Waals surface area contributed by atoms with Crippen molar-refractivity contribution < 1.29 is 9.53 Å². The lowest BCUT2D eigenvalue weighted by Crippen LogP contribution is -2.54. The molecule has 1 N–H and O–H groups in total. The number of amides is 1. The average molecular weight is 445 g/mol. The molecule has 1 aliphatic carbocycles. The summed E-state index contributed by atoms with van der Waals surface area (Å²) in [4.78, 5) is 21.7. The number of anilines is 1. The fourth-order valence-corrected chi connectivity index (χ4v) is 4.70. The summed E-state index contributed by atoms with van der Waals surface area (Å²) in [6, 6.07) is 10.6. The third-order valence-electron chi connectivity index (χ3n) is 6.64. The lowest BCUT2D eigenvalue weighted by atomic mass is 9.98. The Morgan fingerprint density at radius 2 is 2.15 bits per heavy atom. The van der Waals surface area contributed by atoms with Crippen LogP contribution >= 0.6 is 0 Å². The van der Waals surface area contributed by atoms with Crippen LogP contribution in [0.2, 0.25) is 0 Å². The number of H-pyrrole nitrogens is 1. The fourth-order valence-electron chi connectivity index (χ4n) is 4.70. The van der Waals surface area contributed by atoms with Gasteiger partial charge in [-0.05, 0) is 37.5 Å². The summed E-state index contributed by atoms with van der Waals surface area (Å²) in [6.45, 7) is 4.42. The molecule has 2 aromatic heterocycles. The lowest BCUT2D eigenvalue weighted by Gasteiger charge is -2.41. The number of nitriles is 1. The summed E-state index contributed by atoms with van der Waals surface area (Å²) in [5, 5.41) is 18.2. The third kappa shape index (κ3) is 4.16. The van der Waals surface area contributed by atoms with Crippen LogP contribution in [0, 0.1) is 11.3 Å². The van der Waals surface area contributed by atoms with Crippen molar-refractivity contribution in [3.63, 3.8) is 0 Å². The SMILES string of the molecule is COCCC(=O)N1CCN(c2nc(C3CC3)c(-c3ccc4cn[nH]c4c3)cc2C#N)C[C@H]1C. The Hall–Kier alpha value is -3.44. The number of ether oxygens (including phenoxy) is 1. The van der Waals surface area contributed by atoms with E-state index in [1.165, 1.54) is 0 Å². The number of hydrogen-bond acceptors (Lipinski definition) is 6. The number of fused-ring (bicyclic) bond motifs is 1. The van der Waals surface area contributed by atoms with Crippen LogP contribution in [0.3, 0.4) is 0 Å². The number of carbonyl (C=O) groups is 1. The first-order valence-electron chi connectivity index (χ1n) is 11.5. The van der Waals surface area contributed by atoms with Crippen LogP contribution in [-0.4, -0.2) is 65.4 Å². The Kier molecular flexibility index (Phi) is 5.73. The molecular formula is C25H28N6O2. The van der Waals surface area contributed by atoms with Crippen LogP contribution in [0.5, 0.6) is 0 Å². The van der Waals surface area contributed by atoms with E-state index in [2.05, 4.69) is 40.2 Å². The van der Waals surface area contributed by atoms with E-state index in [0.29, 0.717) is 44.1 Å². The van der Waals surface area contributed by atoms with Crippen LogP contribution in [0.1, 0.15) is 43.4 Å². The van der Waals surface area contributed by atoms with E-state index in [9.17, 15) is 10.1 Å². The first-order valence-corrected chi connectivity index (χ1v) is 11.5. The summed E-state index contributed by atoms with van der Waals surface area (Å²) >= 11 is 0. The zero-order chi connectivity index (χ0) is 22.9. The molecular weight excluding hydrogens is 416 g/mol. The maximum absolute atomic E-state index is 12.5. The lowest BCUT2D eigenvalue weighted by molar-refractivity contribution is -0.134. The number of aromatic nitrogens is 3. The van der Waals surface area contributed by atoms with Crippen molar-refractivity contribution in [2.24, 2.45) is 0 Å². The Bertz CT molecular complexity index is 1230. The van der Waals surface area contributed by atoms with Gasteiger partial charge >= 0.3 is 0 Å². The number of hydrogen-bond donors (Lipinski definition) is 1. The second kappa shape index (κ2) is 8.83. The number of benzene rings is 1. The standard InChI is InChI=1S/C25H28N6O2/c1-16-15-30(8-9-31(16)23(32)7-10-33-2)25-20(13-26)11-21(24(28-25)17-3-4-17)18-5-6-19-14-27-29-22(19)12-18/h5-6,11-12,14,16-17H,3-4,7-10,15H2,1-2H3,(H,27,29)/t16-/m1/s1. The smallest absolute Gasteiger partial charge is 0.225 e. The van der Waals surface area contributed by atoms with Gasteiger partial charge < -0.3 is 14.5 Å². The van der Waals surface area contributed by atoms with Gasteiger partial charge in [-0.25, -0.2) is 4.98 Å². The molecule has 2 fully saturated rings. The van der Waals surface area contributed by atoms with Gasteiger partial charge in [-0.15, -0.1) is 0 Å². The molecule has 170 valence electrons. The molecule has 33 heavy (non-hydrogen) atoms. The van der Waals surface area contributed by atoms with E-state index in [4.69, 9.17) is 9.72 Å². The molecule has 0 unspecified atom stereocenters. The zero-order valence-electron chi connectivity index (χ0n) is 19.0. The minimum absolute atomic E-state index is 0.0447. The largest absolute Gasteiger partial charge is 0.384 e. The maximum Gasteiger partial charge on any atom is 0.225 e. The molecule has 2 aliphatic rings. The number of rotatable bonds is 6. The van der Waals surface area contributed by atoms with E-state index in [1.807, 2.05) is 23.2 Å². The molecule has 1 saturated carbocycles. The van der Waals surface area contributed by atoms with Crippen LogP contribution in [0.25, 0.3) is 22.0 Å². The van der Waals surface area contributed by atoms with E-state index in [-0.39, 0.29) is 11.9 Å². The number of piperazine rings is 1. The van der Waals surface area contributed by atoms with Crippen molar-refractivity contribution in [2.75, 3.05) is 38.3 Å². The van der Waals surface area contributed by atoms with Crippen molar-refractivity contribution in [3.8, 4) is 17.2 Å². The van der Waals surface area contributed by atoms with Gasteiger partial charge in [-0.2, -0.15) is 10.4 Å². The van der Waals surface area contributed by atoms with Crippen molar-refractivity contribution in [3.05, 3.63) is 41.7 Å². The van der Waals surface area contributed by atoms with Crippen molar-refractivity contribution in [2.45, 2.75) is 38.1 Å². The van der Waals surface area contributed by atoms with E-state index < -0.39 is 0 Å². The van der Waals surface area contributed by atoms with Crippen LogP contribution in [-0.2, 0) is 9.53 Å². The molecule has 3 heterocycles. The van der Waals surface area contributed by atoms with Crippen molar-refractivity contribution in [1.82, 2.24) is 20.1 Å². The molecule has 1 aromatic carbocycles. The van der Waals surface area contributed by atoms with Gasteiger partial charge in [0.1, 0.15) is 11.9 Å². The van der Waals surface area contributed by atoms with Gasteiger partial charge in [0.05, 0.1) is 36.0 Å². The van der Waals surface area contributed by atoms with Crippen molar-refractivity contribution in [1.29, 1.82) is 5.26 Å². The Morgan fingerprint density at radius 1 is 1.30 bits per heavy atom. The van der Waals surface area contributed by atoms with E-state index >= 15 is 0 Å². The van der Waals surface area contributed by atoms with Gasteiger partial charge in [0.2, 0.25) is 5.91 Å². The van der Waals surface area contributed by atoms with E-state index in [1.54, 1.807) is 7.11 Å². The fraction of sp³-hybridized carbons (Fsp3) is 0.440. The highest BCUT2D eigenvalue weighted by molar-refractivity contribution is 5.85. The van der Waals surface area contributed by atoms with Gasteiger partial charge in [0.25, 0.3) is 0 Å². The quantitative estimate of drug-likeness (QED) is 0.625. The minimum atomic E-state index is 0.0447. The molecule has 5 rings (SSSR count). The van der Waals surface area contributed by atoms with Crippen LogP contribution < -0.4 is 4.90 Å². The van der Waals surface area contributed by atoms with Gasteiger partial charge in [-0.1, -0.05) is 12.1 Å². The molecule has 0 spiro atoms. The number of nitrogens with zero attached hydrogens (tertiary/aromatic N) is 5. The first kappa shape index (κ1) is 21.4. The number of methoxy groups -OCH3 is 1. The average Bonchev–Trinajstić information content (AvgIpc) is 3.58. The molecule has 1 aliphatic heterocycles. The number of aromatic amines is 1.